The standard InChI is InChI=1S/C15H17Cl2FN2O2/c1-8(11-4-10(18)5-13(17)12(11)6-16)20-7-14(21)19(3)9(2)15(20)22/h4-5,8-9H,6-7H2,1-3H3/t8-,9?/m0/s1. The maximum absolute atomic E-state index is 13.7. The lowest BCUT2D eigenvalue weighted by atomic mass is 9.99. The maximum Gasteiger partial charge on any atom is 0.246 e. The van der Waals surface area contributed by atoms with Gasteiger partial charge in [0.15, 0.2) is 0 Å². The summed E-state index contributed by atoms with van der Waals surface area (Å²) < 4.78 is 13.7. The maximum atomic E-state index is 13.7. The Hall–Kier alpha value is -1.33. The Bertz CT molecular complexity index is 624. The van der Waals surface area contributed by atoms with E-state index in [9.17, 15) is 14.0 Å². The molecule has 7 heteroatoms. The van der Waals surface area contributed by atoms with Gasteiger partial charge in [0.1, 0.15) is 18.4 Å². The smallest absolute Gasteiger partial charge is 0.246 e. The number of carbonyl (C=O) groups excluding carboxylic acids is 2. The minimum atomic E-state index is -0.549. The number of piperazine rings is 1. The molecule has 4 nitrogen and oxygen atoms in total. The highest BCUT2D eigenvalue weighted by atomic mass is 35.5. The number of nitrogens with zero attached hydrogens (tertiary/aromatic N) is 2. The Balaban J connectivity index is 2.42. The summed E-state index contributed by atoms with van der Waals surface area (Å²) in [5, 5.41) is 0.220. The van der Waals surface area contributed by atoms with Crippen molar-refractivity contribution in [3.05, 3.63) is 34.1 Å². The normalized spacial score (nSPS) is 20.5. The molecule has 1 fully saturated rings. The third-order valence-electron chi connectivity index (χ3n) is 4.17. The molecule has 1 aromatic rings. The Labute approximate surface area is 138 Å². The van der Waals surface area contributed by atoms with Crippen molar-refractivity contribution in [1.82, 2.24) is 9.80 Å². The summed E-state index contributed by atoms with van der Waals surface area (Å²) in [5.74, 6) is -0.740. The second kappa shape index (κ2) is 6.42. The van der Waals surface area contributed by atoms with Gasteiger partial charge in [-0.05, 0) is 37.1 Å². The molecule has 1 aliphatic heterocycles. The van der Waals surface area contributed by atoms with E-state index in [2.05, 4.69) is 0 Å². The molecule has 1 unspecified atom stereocenters. The number of hydrogen-bond acceptors (Lipinski definition) is 2. The molecule has 0 N–H and O–H groups in total. The second-order valence-electron chi connectivity index (χ2n) is 5.41. The molecule has 1 aliphatic rings. The van der Waals surface area contributed by atoms with Gasteiger partial charge in [-0.1, -0.05) is 11.6 Å². The molecule has 1 aromatic carbocycles. The van der Waals surface area contributed by atoms with E-state index in [0.29, 0.717) is 11.1 Å². The number of halogens is 3. The minimum absolute atomic E-state index is 0.0449. The van der Waals surface area contributed by atoms with Crippen molar-refractivity contribution in [3.8, 4) is 0 Å². The summed E-state index contributed by atoms with van der Waals surface area (Å²) in [6.07, 6.45) is 0. The van der Waals surface area contributed by atoms with Crippen molar-refractivity contribution in [1.29, 1.82) is 0 Å². The topological polar surface area (TPSA) is 40.6 Å². The lowest BCUT2D eigenvalue weighted by Gasteiger charge is -2.40. The van der Waals surface area contributed by atoms with Gasteiger partial charge in [0.2, 0.25) is 11.8 Å². The zero-order valence-corrected chi connectivity index (χ0v) is 14.1. The molecule has 1 heterocycles. The van der Waals surface area contributed by atoms with Crippen molar-refractivity contribution in [2.24, 2.45) is 0 Å². The lowest BCUT2D eigenvalue weighted by Crippen LogP contribution is -2.57. The zero-order chi connectivity index (χ0) is 16.6. The van der Waals surface area contributed by atoms with Gasteiger partial charge in [-0.25, -0.2) is 4.39 Å². The summed E-state index contributed by atoms with van der Waals surface area (Å²) in [6.45, 7) is 3.36. The SMILES string of the molecule is CC1C(=O)N([C@@H](C)c2cc(F)cc(Cl)c2CCl)CC(=O)N1C. The van der Waals surface area contributed by atoms with Crippen LogP contribution in [0.3, 0.4) is 0 Å². The monoisotopic (exact) mass is 346 g/mol. The van der Waals surface area contributed by atoms with Crippen molar-refractivity contribution in [2.75, 3.05) is 13.6 Å². The summed E-state index contributed by atoms with van der Waals surface area (Å²) in [4.78, 5) is 27.3. The molecule has 2 amide bonds. The highest BCUT2D eigenvalue weighted by Crippen LogP contribution is 2.32. The molecule has 120 valence electrons. The Kier molecular flexibility index (Phi) is 4.97. The van der Waals surface area contributed by atoms with E-state index in [4.69, 9.17) is 23.2 Å². The fraction of sp³-hybridized carbons (Fsp3) is 0.467. The molecule has 0 bridgehead atoms. The number of carbonyl (C=O) groups is 2. The molecular weight excluding hydrogens is 330 g/mol. The largest absolute Gasteiger partial charge is 0.332 e. The van der Waals surface area contributed by atoms with Crippen LogP contribution in [0.1, 0.15) is 31.0 Å². The second-order valence-corrected chi connectivity index (χ2v) is 6.09. The third kappa shape index (κ3) is 2.92. The van der Waals surface area contributed by atoms with Gasteiger partial charge in [-0.3, -0.25) is 9.59 Å². The number of amides is 2. The van der Waals surface area contributed by atoms with Gasteiger partial charge in [-0.2, -0.15) is 0 Å². The summed E-state index contributed by atoms with van der Waals surface area (Å²) in [7, 11) is 1.59. The summed E-state index contributed by atoms with van der Waals surface area (Å²) >= 11 is 11.9. The average Bonchev–Trinajstić information content (AvgIpc) is 2.47. The van der Waals surface area contributed by atoms with Gasteiger partial charge < -0.3 is 9.80 Å². The fourth-order valence-corrected chi connectivity index (χ4v) is 3.24. The van der Waals surface area contributed by atoms with E-state index in [-0.39, 0.29) is 29.3 Å². The number of likely N-dealkylation sites (N-methyl/N-ethyl adjacent to an activating group) is 1. The first-order valence-electron chi connectivity index (χ1n) is 6.87. The molecular formula is C15H17Cl2FN2O2. The van der Waals surface area contributed by atoms with E-state index < -0.39 is 17.9 Å². The van der Waals surface area contributed by atoms with Crippen molar-refractivity contribution < 1.29 is 14.0 Å². The van der Waals surface area contributed by atoms with Crippen molar-refractivity contribution >= 4 is 35.0 Å². The van der Waals surface area contributed by atoms with Crippen LogP contribution in [-0.4, -0.2) is 41.2 Å². The predicted molar refractivity (Wildman–Crippen MR) is 83.3 cm³/mol. The third-order valence-corrected chi connectivity index (χ3v) is 4.77. The predicted octanol–water partition coefficient (Wildman–Crippen LogP) is 2.97. The minimum Gasteiger partial charge on any atom is -0.332 e. The molecule has 2 atom stereocenters. The molecule has 0 radical (unpaired) electrons. The van der Waals surface area contributed by atoms with Crippen LogP contribution in [0.4, 0.5) is 4.39 Å². The molecule has 1 saturated heterocycles. The van der Waals surface area contributed by atoms with Crippen LogP contribution in [-0.2, 0) is 15.5 Å². The molecule has 0 spiro atoms. The van der Waals surface area contributed by atoms with Crippen LogP contribution in [0, 0.1) is 5.82 Å². The highest BCUT2D eigenvalue weighted by molar-refractivity contribution is 6.32. The van der Waals surface area contributed by atoms with Crippen LogP contribution in [0.2, 0.25) is 5.02 Å². The van der Waals surface area contributed by atoms with E-state index in [0.717, 1.165) is 0 Å². The van der Waals surface area contributed by atoms with Crippen molar-refractivity contribution in [2.45, 2.75) is 31.8 Å². The first-order valence-corrected chi connectivity index (χ1v) is 7.79. The number of hydrogen-bond donors (Lipinski definition) is 0. The quantitative estimate of drug-likeness (QED) is 0.789. The van der Waals surface area contributed by atoms with Gasteiger partial charge in [0.05, 0.1) is 6.04 Å². The zero-order valence-electron chi connectivity index (χ0n) is 12.6. The van der Waals surface area contributed by atoms with Gasteiger partial charge in [0, 0.05) is 18.0 Å². The van der Waals surface area contributed by atoms with E-state index in [1.165, 1.54) is 21.9 Å². The van der Waals surface area contributed by atoms with Crippen molar-refractivity contribution in [3.63, 3.8) is 0 Å². The summed E-state index contributed by atoms with van der Waals surface area (Å²) in [6, 6.07) is 1.46. The molecule has 0 aliphatic carbocycles. The first-order chi connectivity index (χ1) is 10.3. The van der Waals surface area contributed by atoms with Crippen LogP contribution in [0.25, 0.3) is 0 Å². The summed E-state index contributed by atoms with van der Waals surface area (Å²) in [5.41, 5.74) is 1.10. The van der Waals surface area contributed by atoms with E-state index >= 15 is 0 Å². The van der Waals surface area contributed by atoms with Gasteiger partial charge in [-0.15, -0.1) is 11.6 Å². The van der Waals surface area contributed by atoms with Gasteiger partial charge >= 0.3 is 0 Å². The number of rotatable bonds is 3. The fourth-order valence-electron chi connectivity index (χ4n) is 2.59. The molecule has 0 saturated carbocycles. The van der Waals surface area contributed by atoms with Crippen LogP contribution in [0.5, 0.6) is 0 Å². The van der Waals surface area contributed by atoms with Gasteiger partial charge in [0.25, 0.3) is 0 Å². The molecule has 0 aromatic heterocycles. The Morgan fingerprint density at radius 3 is 2.64 bits per heavy atom. The van der Waals surface area contributed by atoms with E-state index in [1.807, 2.05) is 0 Å². The average molecular weight is 347 g/mol. The Morgan fingerprint density at radius 2 is 2.05 bits per heavy atom. The van der Waals surface area contributed by atoms with Crippen LogP contribution in [0.15, 0.2) is 12.1 Å². The highest BCUT2D eigenvalue weighted by Gasteiger charge is 2.37. The lowest BCUT2D eigenvalue weighted by molar-refractivity contribution is -0.155. The molecule has 22 heavy (non-hydrogen) atoms. The van der Waals surface area contributed by atoms with Crippen LogP contribution < -0.4 is 0 Å². The Morgan fingerprint density at radius 1 is 1.41 bits per heavy atom. The molecule has 2 rings (SSSR count). The van der Waals surface area contributed by atoms with Crippen LogP contribution >= 0.6 is 23.2 Å². The number of alkyl halides is 1. The number of benzene rings is 1. The van der Waals surface area contributed by atoms with E-state index in [1.54, 1.807) is 20.9 Å². The first kappa shape index (κ1) is 17.0.